The van der Waals surface area contributed by atoms with Crippen LogP contribution in [0.1, 0.15) is 11.1 Å². The first-order valence-corrected chi connectivity index (χ1v) is 8.16. The Labute approximate surface area is 132 Å². The highest BCUT2D eigenvalue weighted by Gasteiger charge is 2.44. The van der Waals surface area contributed by atoms with Gasteiger partial charge in [-0.05, 0) is 11.8 Å². The summed E-state index contributed by atoms with van der Waals surface area (Å²) < 4.78 is 38.7. The molecule has 0 amide bonds. The Morgan fingerprint density at radius 2 is 1.77 bits per heavy atom. The minimum Gasteiger partial charge on any atom is -0.489 e. The molecule has 1 fully saturated rings. The molecule has 0 unspecified atom stereocenters. The predicted molar refractivity (Wildman–Crippen MR) is 83.1 cm³/mol. The van der Waals surface area contributed by atoms with Crippen molar-refractivity contribution in [3.05, 3.63) is 65.2 Å². The maximum Gasteiger partial charge on any atom is 0.134 e. The van der Waals surface area contributed by atoms with E-state index in [4.69, 9.17) is 9.47 Å². The van der Waals surface area contributed by atoms with E-state index < -0.39 is 16.4 Å². The number of thioether (sulfide) groups is 1. The Balaban J connectivity index is 1.80. The first-order chi connectivity index (χ1) is 10.6. The molecular weight excluding hydrogens is 306 g/mol. The molecule has 0 bridgehead atoms. The van der Waals surface area contributed by atoms with Gasteiger partial charge in [-0.3, -0.25) is 0 Å². The van der Waals surface area contributed by atoms with Crippen molar-refractivity contribution in [2.45, 2.75) is 11.4 Å². The van der Waals surface area contributed by atoms with Crippen LogP contribution in [0.2, 0.25) is 0 Å². The third kappa shape index (κ3) is 2.83. The molecule has 0 atom stereocenters. The molecule has 0 aliphatic carbocycles. The Hall–Kier alpha value is -1.59. The molecule has 2 aromatic rings. The summed E-state index contributed by atoms with van der Waals surface area (Å²) in [7, 11) is 0. The van der Waals surface area contributed by atoms with Crippen LogP contribution in [0.25, 0.3) is 0 Å². The van der Waals surface area contributed by atoms with E-state index in [1.165, 1.54) is 23.9 Å². The number of halogens is 2. The molecular formula is C17H16F2O2S. The van der Waals surface area contributed by atoms with E-state index in [0.717, 1.165) is 5.56 Å². The highest BCUT2D eigenvalue weighted by Crippen LogP contribution is 2.44. The normalized spacial score (nSPS) is 16.1. The monoisotopic (exact) mass is 322 g/mol. The predicted octanol–water partition coefficient (Wildman–Crippen LogP) is 4.13. The van der Waals surface area contributed by atoms with Crippen molar-refractivity contribution < 1.29 is 18.3 Å². The van der Waals surface area contributed by atoms with Crippen LogP contribution in [0.5, 0.6) is 5.75 Å². The van der Waals surface area contributed by atoms with Gasteiger partial charge in [0, 0.05) is 17.7 Å². The third-order valence-electron chi connectivity index (χ3n) is 3.78. The summed E-state index contributed by atoms with van der Waals surface area (Å²) in [4.78, 5) is 0. The molecule has 3 rings (SSSR count). The largest absolute Gasteiger partial charge is 0.489 e. The Kier molecular flexibility index (Phi) is 4.36. The molecule has 2 aromatic carbocycles. The van der Waals surface area contributed by atoms with Crippen LogP contribution in [-0.4, -0.2) is 19.5 Å². The van der Waals surface area contributed by atoms with E-state index in [1.54, 1.807) is 0 Å². The first-order valence-electron chi connectivity index (χ1n) is 6.94. The molecule has 0 N–H and O–H groups in total. The van der Waals surface area contributed by atoms with Gasteiger partial charge < -0.3 is 9.47 Å². The molecule has 116 valence electrons. The second-order valence-corrected chi connectivity index (χ2v) is 6.42. The van der Waals surface area contributed by atoms with Gasteiger partial charge in [-0.25, -0.2) is 8.78 Å². The molecule has 0 radical (unpaired) electrons. The lowest BCUT2D eigenvalue weighted by Gasteiger charge is -2.40. The maximum atomic E-state index is 14.4. The summed E-state index contributed by atoms with van der Waals surface area (Å²) in [6.45, 7) is 0.925. The van der Waals surface area contributed by atoms with Crippen LogP contribution in [0, 0.1) is 11.6 Å². The Morgan fingerprint density at radius 1 is 1.14 bits per heavy atom. The van der Waals surface area contributed by atoms with Gasteiger partial charge in [0.2, 0.25) is 0 Å². The fourth-order valence-electron chi connectivity index (χ4n) is 2.46. The lowest BCUT2D eigenvalue weighted by Crippen LogP contribution is -2.45. The number of hydrogen-bond donors (Lipinski definition) is 0. The topological polar surface area (TPSA) is 18.5 Å². The fourth-order valence-corrected chi connectivity index (χ4v) is 3.26. The van der Waals surface area contributed by atoms with Gasteiger partial charge in [0.25, 0.3) is 0 Å². The number of benzene rings is 2. The third-order valence-corrected chi connectivity index (χ3v) is 5.00. The molecule has 1 aliphatic rings. The quantitative estimate of drug-likeness (QED) is 0.824. The number of ether oxygens (including phenoxy) is 2. The van der Waals surface area contributed by atoms with Gasteiger partial charge in [0.15, 0.2) is 0 Å². The van der Waals surface area contributed by atoms with Crippen LogP contribution in [0.4, 0.5) is 8.78 Å². The van der Waals surface area contributed by atoms with E-state index in [1.807, 2.05) is 36.6 Å². The standard InChI is InChI=1S/C17H16F2O2S/c1-22-17(10-20-11-17)16-14(18)7-13(8-15(16)19)21-9-12-5-3-2-4-6-12/h2-8H,9-11H2,1H3. The van der Waals surface area contributed by atoms with Crippen LogP contribution in [0.3, 0.4) is 0 Å². The number of hydrogen-bond acceptors (Lipinski definition) is 3. The van der Waals surface area contributed by atoms with Gasteiger partial charge >= 0.3 is 0 Å². The zero-order valence-electron chi connectivity index (χ0n) is 12.1. The van der Waals surface area contributed by atoms with Crippen molar-refractivity contribution in [1.82, 2.24) is 0 Å². The summed E-state index contributed by atoms with van der Waals surface area (Å²) in [5.41, 5.74) is 1.03. The molecule has 22 heavy (non-hydrogen) atoms. The minimum absolute atomic E-state index is 0.0818. The summed E-state index contributed by atoms with van der Waals surface area (Å²) in [5, 5.41) is 0. The highest BCUT2D eigenvalue weighted by atomic mass is 32.2. The van der Waals surface area contributed by atoms with Crippen molar-refractivity contribution >= 4 is 11.8 Å². The van der Waals surface area contributed by atoms with E-state index in [9.17, 15) is 8.78 Å². The maximum absolute atomic E-state index is 14.4. The fraction of sp³-hybridized carbons (Fsp3) is 0.294. The second kappa shape index (κ2) is 6.26. The van der Waals surface area contributed by atoms with E-state index >= 15 is 0 Å². The molecule has 1 saturated heterocycles. The average molecular weight is 322 g/mol. The summed E-state index contributed by atoms with van der Waals surface area (Å²) >= 11 is 1.41. The molecule has 0 spiro atoms. The van der Waals surface area contributed by atoms with Crippen molar-refractivity contribution in [2.75, 3.05) is 19.5 Å². The molecule has 0 aromatic heterocycles. The average Bonchev–Trinajstić information content (AvgIpc) is 2.48. The van der Waals surface area contributed by atoms with Crippen LogP contribution in [-0.2, 0) is 16.1 Å². The highest BCUT2D eigenvalue weighted by molar-refractivity contribution is 7.99. The summed E-state index contributed by atoms with van der Waals surface area (Å²) in [6, 6.07) is 12.0. The Morgan fingerprint density at radius 3 is 2.27 bits per heavy atom. The number of rotatable bonds is 5. The molecule has 1 aliphatic heterocycles. The van der Waals surface area contributed by atoms with Gasteiger partial charge in [0.05, 0.1) is 18.0 Å². The van der Waals surface area contributed by atoms with Crippen molar-refractivity contribution in [1.29, 1.82) is 0 Å². The van der Waals surface area contributed by atoms with E-state index in [0.29, 0.717) is 13.2 Å². The lowest BCUT2D eigenvalue weighted by molar-refractivity contribution is -0.0137. The van der Waals surface area contributed by atoms with Crippen molar-refractivity contribution in [3.8, 4) is 5.75 Å². The second-order valence-electron chi connectivity index (χ2n) is 5.23. The molecule has 0 saturated carbocycles. The SMILES string of the molecule is CSC1(c2c(F)cc(OCc3ccccc3)cc2F)COC1. The lowest BCUT2D eigenvalue weighted by atomic mass is 9.95. The van der Waals surface area contributed by atoms with Crippen LogP contribution in [0.15, 0.2) is 42.5 Å². The van der Waals surface area contributed by atoms with E-state index in [2.05, 4.69) is 0 Å². The summed E-state index contributed by atoms with van der Waals surface area (Å²) in [5.74, 6) is -0.972. The smallest absolute Gasteiger partial charge is 0.134 e. The van der Waals surface area contributed by atoms with E-state index in [-0.39, 0.29) is 17.9 Å². The molecule has 2 nitrogen and oxygen atoms in total. The van der Waals surface area contributed by atoms with Crippen molar-refractivity contribution in [2.24, 2.45) is 0 Å². The van der Waals surface area contributed by atoms with Crippen molar-refractivity contribution in [3.63, 3.8) is 0 Å². The Bertz CT molecular complexity index is 628. The molecule has 5 heteroatoms. The first kappa shape index (κ1) is 15.3. The zero-order chi connectivity index (χ0) is 15.6. The minimum atomic E-state index is -0.619. The van der Waals surface area contributed by atoms with Crippen LogP contribution >= 0.6 is 11.8 Å². The molecule has 1 heterocycles. The van der Waals surface area contributed by atoms with Gasteiger partial charge in [0.1, 0.15) is 24.0 Å². The summed E-state index contributed by atoms with van der Waals surface area (Å²) in [6.07, 6.45) is 1.83. The van der Waals surface area contributed by atoms with Crippen LogP contribution < -0.4 is 4.74 Å². The van der Waals surface area contributed by atoms with Gasteiger partial charge in [-0.1, -0.05) is 30.3 Å². The van der Waals surface area contributed by atoms with Gasteiger partial charge in [-0.2, -0.15) is 0 Å². The van der Waals surface area contributed by atoms with Gasteiger partial charge in [-0.15, -0.1) is 11.8 Å². The zero-order valence-corrected chi connectivity index (χ0v) is 13.0.